The second-order valence-corrected chi connectivity index (χ2v) is 5.85. The molecular formula is C17H19NO4S. The molecule has 0 unspecified atom stereocenters. The van der Waals surface area contributed by atoms with Crippen LogP contribution in [0.25, 0.3) is 0 Å². The molecule has 0 saturated heterocycles. The van der Waals surface area contributed by atoms with Crippen LogP contribution in [-0.2, 0) is 9.53 Å². The molecule has 0 fully saturated rings. The summed E-state index contributed by atoms with van der Waals surface area (Å²) in [6.07, 6.45) is 3.52. The van der Waals surface area contributed by atoms with Gasteiger partial charge in [0.15, 0.2) is 0 Å². The first-order valence-corrected chi connectivity index (χ1v) is 8.33. The fourth-order valence-corrected chi connectivity index (χ4v) is 2.60. The van der Waals surface area contributed by atoms with Gasteiger partial charge in [-0.15, -0.1) is 11.8 Å². The molecule has 122 valence electrons. The number of carbonyl (C=O) groups is 2. The number of methoxy groups -OCH3 is 1. The van der Waals surface area contributed by atoms with E-state index < -0.39 is 6.04 Å². The average Bonchev–Trinajstić information content (AvgIpc) is 3.00. The Hall–Kier alpha value is -2.21. The van der Waals surface area contributed by atoms with Crippen LogP contribution in [-0.4, -0.2) is 25.2 Å². The van der Waals surface area contributed by atoms with E-state index in [1.165, 1.54) is 13.4 Å². The van der Waals surface area contributed by atoms with E-state index in [-0.39, 0.29) is 18.3 Å². The molecule has 1 heterocycles. The molecule has 0 aliphatic rings. The number of hydrogen-bond donors (Lipinski definition) is 1. The molecule has 0 saturated carbocycles. The van der Waals surface area contributed by atoms with Crippen molar-refractivity contribution in [1.82, 2.24) is 5.32 Å². The summed E-state index contributed by atoms with van der Waals surface area (Å²) in [4.78, 5) is 25.1. The van der Waals surface area contributed by atoms with Crippen LogP contribution in [0.15, 0.2) is 45.9 Å². The highest BCUT2D eigenvalue weighted by atomic mass is 32.2. The third-order valence-electron chi connectivity index (χ3n) is 3.53. The average molecular weight is 333 g/mol. The maximum Gasteiger partial charge on any atom is 0.307 e. The lowest BCUT2D eigenvalue weighted by atomic mass is 10.0. The van der Waals surface area contributed by atoms with Gasteiger partial charge in [-0.3, -0.25) is 9.59 Å². The van der Waals surface area contributed by atoms with E-state index >= 15 is 0 Å². The van der Waals surface area contributed by atoms with Crippen molar-refractivity contribution in [3.8, 4) is 0 Å². The Morgan fingerprint density at radius 2 is 1.96 bits per heavy atom. The minimum atomic E-state index is -0.458. The number of hydrogen-bond acceptors (Lipinski definition) is 5. The fraction of sp³-hybridized carbons (Fsp3) is 0.294. The van der Waals surface area contributed by atoms with Crippen molar-refractivity contribution in [3.05, 3.63) is 53.5 Å². The second-order valence-electron chi connectivity index (χ2n) is 4.97. The standard InChI is InChI=1S/C17H19NO4S/c1-11-14(8-9-22-11)17(20)18-15(10-16(19)21-2)12-4-6-13(23-3)7-5-12/h4-9,15H,10H2,1-3H3,(H,18,20)/t15-/m1/s1. The molecule has 0 aliphatic heterocycles. The van der Waals surface area contributed by atoms with Gasteiger partial charge in [-0.1, -0.05) is 12.1 Å². The predicted molar refractivity (Wildman–Crippen MR) is 88.5 cm³/mol. The van der Waals surface area contributed by atoms with Crippen LogP contribution in [0.5, 0.6) is 0 Å². The lowest BCUT2D eigenvalue weighted by Crippen LogP contribution is -2.30. The molecule has 0 aliphatic carbocycles. The van der Waals surface area contributed by atoms with E-state index in [9.17, 15) is 9.59 Å². The molecule has 0 radical (unpaired) electrons. The smallest absolute Gasteiger partial charge is 0.307 e. The maximum atomic E-state index is 12.4. The third kappa shape index (κ3) is 4.39. The Kier molecular flexibility index (Phi) is 5.87. The quantitative estimate of drug-likeness (QED) is 0.648. The van der Waals surface area contributed by atoms with Crippen molar-refractivity contribution in [2.24, 2.45) is 0 Å². The molecule has 1 aromatic heterocycles. The number of amides is 1. The summed E-state index contributed by atoms with van der Waals surface area (Å²) in [6.45, 7) is 1.72. The van der Waals surface area contributed by atoms with Gasteiger partial charge in [0, 0.05) is 4.90 Å². The molecule has 1 atom stereocenters. The van der Waals surface area contributed by atoms with Gasteiger partial charge in [0.05, 0.1) is 31.4 Å². The highest BCUT2D eigenvalue weighted by Crippen LogP contribution is 2.22. The summed E-state index contributed by atoms with van der Waals surface area (Å²) in [5.41, 5.74) is 1.31. The Morgan fingerprint density at radius 3 is 2.48 bits per heavy atom. The van der Waals surface area contributed by atoms with Crippen molar-refractivity contribution in [1.29, 1.82) is 0 Å². The Balaban J connectivity index is 2.21. The van der Waals surface area contributed by atoms with Crippen LogP contribution >= 0.6 is 11.8 Å². The number of furan rings is 1. The van der Waals surface area contributed by atoms with Gasteiger partial charge in [0.25, 0.3) is 5.91 Å². The number of nitrogens with one attached hydrogen (secondary N) is 1. The molecule has 1 N–H and O–H groups in total. The first-order valence-electron chi connectivity index (χ1n) is 7.11. The summed E-state index contributed by atoms with van der Waals surface area (Å²) >= 11 is 1.63. The predicted octanol–water partition coefficient (Wildman–Crippen LogP) is 3.34. The van der Waals surface area contributed by atoms with E-state index in [4.69, 9.17) is 9.15 Å². The Bertz CT molecular complexity index is 678. The Morgan fingerprint density at radius 1 is 1.26 bits per heavy atom. The van der Waals surface area contributed by atoms with E-state index in [0.717, 1.165) is 10.5 Å². The number of carbonyl (C=O) groups excluding carboxylic acids is 2. The molecule has 1 amide bonds. The Labute approximate surface area is 139 Å². The molecular weight excluding hydrogens is 314 g/mol. The van der Waals surface area contributed by atoms with Crippen molar-refractivity contribution in [2.75, 3.05) is 13.4 Å². The van der Waals surface area contributed by atoms with Crippen molar-refractivity contribution >= 4 is 23.6 Å². The van der Waals surface area contributed by atoms with Gasteiger partial charge in [-0.25, -0.2) is 0 Å². The van der Waals surface area contributed by atoms with Gasteiger partial charge in [0.1, 0.15) is 5.76 Å². The van der Waals surface area contributed by atoms with Crippen LogP contribution in [0.2, 0.25) is 0 Å². The molecule has 0 bridgehead atoms. The van der Waals surface area contributed by atoms with Crippen molar-refractivity contribution in [3.63, 3.8) is 0 Å². The second kappa shape index (κ2) is 7.87. The number of aryl methyl sites for hydroxylation is 1. The zero-order valence-corrected chi connectivity index (χ0v) is 14.1. The van der Waals surface area contributed by atoms with Crippen LogP contribution in [0, 0.1) is 6.92 Å². The van der Waals surface area contributed by atoms with Gasteiger partial charge in [-0.05, 0) is 36.9 Å². The van der Waals surface area contributed by atoms with E-state index in [2.05, 4.69) is 5.32 Å². The summed E-state index contributed by atoms with van der Waals surface area (Å²) in [7, 11) is 1.33. The molecule has 1 aromatic carbocycles. The van der Waals surface area contributed by atoms with Gasteiger partial charge < -0.3 is 14.5 Å². The van der Waals surface area contributed by atoms with Crippen LogP contribution < -0.4 is 5.32 Å². The van der Waals surface area contributed by atoms with Crippen LogP contribution in [0.3, 0.4) is 0 Å². The van der Waals surface area contributed by atoms with E-state index in [1.54, 1.807) is 24.8 Å². The maximum absolute atomic E-state index is 12.4. The van der Waals surface area contributed by atoms with E-state index in [0.29, 0.717) is 11.3 Å². The molecule has 2 rings (SSSR count). The van der Waals surface area contributed by atoms with Crippen molar-refractivity contribution < 1.29 is 18.7 Å². The molecule has 5 nitrogen and oxygen atoms in total. The lowest BCUT2D eigenvalue weighted by molar-refractivity contribution is -0.141. The first-order chi connectivity index (χ1) is 11.0. The first kappa shape index (κ1) is 17.1. The van der Waals surface area contributed by atoms with Crippen molar-refractivity contribution in [2.45, 2.75) is 24.3 Å². The molecule has 23 heavy (non-hydrogen) atoms. The van der Waals surface area contributed by atoms with Crippen LogP contribution in [0.1, 0.15) is 34.1 Å². The zero-order chi connectivity index (χ0) is 16.8. The topological polar surface area (TPSA) is 68.5 Å². The highest BCUT2D eigenvalue weighted by Gasteiger charge is 2.21. The minimum Gasteiger partial charge on any atom is -0.469 e. The lowest BCUT2D eigenvalue weighted by Gasteiger charge is -2.18. The number of rotatable bonds is 6. The monoisotopic (exact) mass is 333 g/mol. The summed E-state index contributed by atoms with van der Waals surface area (Å²) < 4.78 is 9.88. The highest BCUT2D eigenvalue weighted by molar-refractivity contribution is 7.98. The van der Waals surface area contributed by atoms with Crippen LogP contribution in [0.4, 0.5) is 0 Å². The number of benzene rings is 1. The van der Waals surface area contributed by atoms with Gasteiger partial charge >= 0.3 is 5.97 Å². The normalized spacial score (nSPS) is 11.8. The third-order valence-corrected chi connectivity index (χ3v) is 4.27. The number of ether oxygens (including phenoxy) is 1. The summed E-state index contributed by atoms with van der Waals surface area (Å²) in [5.74, 6) is -0.121. The SMILES string of the molecule is COC(=O)C[C@@H](NC(=O)c1ccoc1C)c1ccc(SC)cc1. The van der Waals surface area contributed by atoms with Gasteiger partial charge in [0.2, 0.25) is 0 Å². The summed E-state index contributed by atoms with van der Waals surface area (Å²) in [5, 5.41) is 2.87. The fourth-order valence-electron chi connectivity index (χ4n) is 2.19. The molecule has 2 aromatic rings. The summed E-state index contributed by atoms with van der Waals surface area (Å²) in [6, 6.07) is 8.87. The molecule has 6 heteroatoms. The van der Waals surface area contributed by atoms with E-state index in [1.807, 2.05) is 30.5 Å². The molecule has 0 spiro atoms. The number of esters is 1. The zero-order valence-electron chi connectivity index (χ0n) is 13.3. The minimum absolute atomic E-state index is 0.0672. The van der Waals surface area contributed by atoms with Gasteiger partial charge in [-0.2, -0.15) is 0 Å². The number of thioether (sulfide) groups is 1. The largest absolute Gasteiger partial charge is 0.469 e.